The Bertz CT molecular complexity index is 534. The monoisotopic (exact) mass is 297 g/mol. The molecule has 0 aliphatic rings. The van der Waals surface area contributed by atoms with Crippen LogP contribution in [0.15, 0.2) is 41.0 Å². The second-order valence-electron chi connectivity index (χ2n) is 3.19. The molecule has 88 valence electrons. The van der Waals surface area contributed by atoms with Crippen molar-refractivity contribution < 1.29 is 13.9 Å². The van der Waals surface area contributed by atoms with Gasteiger partial charge in [-0.3, -0.25) is 0 Å². The Morgan fingerprint density at radius 2 is 2.06 bits per heavy atom. The number of aromatic nitrogens is 1. The predicted molar refractivity (Wildman–Crippen MR) is 65.0 cm³/mol. The van der Waals surface area contributed by atoms with Gasteiger partial charge in [-0.15, -0.1) is 0 Å². The van der Waals surface area contributed by atoms with Crippen LogP contribution >= 0.6 is 15.9 Å². The Balaban J connectivity index is 2.31. The van der Waals surface area contributed by atoms with Crippen LogP contribution in [0.1, 0.15) is 0 Å². The molecule has 2 rings (SSSR count). The van der Waals surface area contributed by atoms with E-state index in [-0.39, 0.29) is 5.82 Å². The molecule has 0 radical (unpaired) electrons. The van der Waals surface area contributed by atoms with Crippen LogP contribution in [0.4, 0.5) is 4.39 Å². The molecule has 0 bridgehead atoms. The molecule has 0 aliphatic carbocycles. The molecular weight excluding hydrogens is 289 g/mol. The molecule has 0 spiro atoms. The lowest BCUT2D eigenvalue weighted by atomic mass is 10.3. The van der Waals surface area contributed by atoms with E-state index in [1.165, 1.54) is 25.3 Å². The molecule has 0 N–H and O–H groups in total. The standard InChI is InChI=1S/C12H9BrFNO2/c1-16-11-3-2-6-15-12(11)17-10-5-4-8(14)7-9(10)13/h2-7H,1H3. The molecule has 0 aliphatic heterocycles. The van der Waals surface area contributed by atoms with Crippen molar-refractivity contribution in [1.29, 1.82) is 0 Å². The van der Waals surface area contributed by atoms with Crippen molar-refractivity contribution in [2.45, 2.75) is 0 Å². The van der Waals surface area contributed by atoms with E-state index in [2.05, 4.69) is 20.9 Å². The number of nitrogens with zero attached hydrogens (tertiary/aromatic N) is 1. The number of pyridine rings is 1. The number of benzene rings is 1. The third-order valence-electron chi connectivity index (χ3n) is 2.06. The van der Waals surface area contributed by atoms with Gasteiger partial charge in [0.25, 0.3) is 5.88 Å². The third kappa shape index (κ3) is 2.74. The zero-order valence-corrected chi connectivity index (χ0v) is 10.6. The minimum absolute atomic E-state index is 0.335. The highest BCUT2D eigenvalue weighted by Gasteiger charge is 2.09. The van der Waals surface area contributed by atoms with Crippen LogP contribution in [0, 0.1) is 5.82 Å². The van der Waals surface area contributed by atoms with Gasteiger partial charge in [0.05, 0.1) is 11.6 Å². The van der Waals surface area contributed by atoms with Gasteiger partial charge in [0, 0.05) is 6.20 Å². The van der Waals surface area contributed by atoms with Gasteiger partial charge in [-0.05, 0) is 46.3 Å². The first-order chi connectivity index (χ1) is 8.20. The van der Waals surface area contributed by atoms with Gasteiger partial charge in [-0.25, -0.2) is 9.37 Å². The minimum atomic E-state index is -0.336. The highest BCUT2D eigenvalue weighted by molar-refractivity contribution is 9.10. The number of halogens is 2. The molecule has 1 aromatic heterocycles. The zero-order chi connectivity index (χ0) is 12.3. The van der Waals surface area contributed by atoms with E-state index in [0.29, 0.717) is 21.9 Å². The summed E-state index contributed by atoms with van der Waals surface area (Å²) in [5.41, 5.74) is 0. The number of ether oxygens (including phenoxy) is 2. The Labute approximate surface area is 106 Å². The molecule has 0 saturated heterocycles. The number of rotatable bonds is 3. The van der Waals surface area contributed by atoms with Crippen molar-refractivity contribution in [1.82, 2.24) is 4.98 Å². The summed E-state index contributed by atoms with van der Waals surface area (Å²) in [6, 6.07) is 7.64. The van der Waals surface area contributed by atoms with Crippen LogP contribution < -0.4 is 9.47 Å². The molecule has 5 heteroatoms. The summed E-state index contributed by atoms with van der Waals surface area (Å²) >= 11 is 3.22. The molecule has 2 aromatic rings. The number of hydrogen-bond acceptors (Lipinski definition) is 3. The normalized spacial score (nSPS) is 10.1. The molecule has 1 aromatic carbocycles. The SMILES string of the molecule is COc1cccnc1Oc1ccc(F)cc1Br. The smallest absolute Gasteiger partial charge is 0.262 e. The molecule has 1 heterocycles. The number of hydrogen-bond donors (Lipinski definition) is 0. The quantitative estimate of drug-likeness (QED) is 0.864. The minimum Gasteiger partial charge on any atom is -0.491 e. The lowest BCUT2D eigenvalue weighted by Gasteiger charge is -2.09. The van der Waals surface area contributed by atoms with Crippen molar-refractivity contribution in [3.05, 3.63) is 46.8 Å². The van der Waals surface area contributed by atoms with E-state index in [1.54, 1.807) is 18.3 Å². The van der Waals surface area contributed by atoms with E-state index >= 15 is 0 Å². The highest BCUT2D eigenvalue weighted by Crippen LogP contribution is 2.33. The summed E-state index contributed by atoms with van der Waals surface area (Å²) in [5, 5.41) is 0. The van der Waals surface area contributed by atoms with Crippen LogP contribution in [0.2, 0.25) is 0 Å². The maximum atomic E-state index is 12.9. The van der Waals surface area contributed by atoms with Crippen LogP contribution in [-0.2, 0) is 0 Å². The second-order valence-corrected chi connectivity index (χ2v) is 4.04. The largest absolute Gasteiger partial charge is 0.491 e. The lowest BCUT2D eigenvalue weighted by molar-refractivity contribution is 0.368. The highest BCUT2D eigenvalue weighted by atomic mass is 79.9. The molecule has 17 heavy (non-hydrogen) atoms. The van der Waals surface area contributed by atoms with Crippen LogP contribution in [0.5, 0.6) is 17.4 Å². The Kier molecular flexibility index (Phi) is 3.58. The van der Waals surface area contributed by atoms with Crippen molar-refractivity contribution >= 4 is 15.9 Å². The molecule has 3 nitrogen and oxygen atoms in total. The zero-order valence-electron chi connectivity index (χ0n) is 8.98. The second kappa shape index (κ2) is 5.14. The third-order valence-corrected chi connectivity index (χ3v) is 2.68. The molecule has 0 amide bonds. The van der Waals surface area contributed by atoms with E-state index in [1.807, 2.05) is 0 Å². The average molecular weight is 298 g/mol. The first-order valence-electron chi connectivity index (χ1n) is 4.82. The topological polar surface area (TPSA) is 31.4 Å². The average Bonchev–Trinajstić information content (AvgIpc) is 2.33. The van der Waals surface area contributed by atoms with Gasteiger partial charge < -0.3 is 9.47 Å². The fourth-order valence-electron chi connectivity index (χ4n) is 1.27. The molecule has 0 fully saturated rings. The summed E-state index contributed by atoms with van der Waals surface area (Å²) in [4.78, 5) is 4.05. The maximum Gasteiger partial charge on any atom is 0.262 e. The molecule has 0 atom stereocenters. The summed E-state index contributed by atoms with van der Waals surface area (Å²) in [5.74, 6) is 0.992. The van der Waals surface area contributed by atoms with Crippen molar-refractivity contribution in [2.24, 2.45) is 0 Å². The van der Waals surface area contributed by atoms with Gasteiger partial charge in [0.1, 0.15) is 11.6 Å². The fourth-order valence-corrected chi connectivity index (χ4v) is 1.70. The summed E-state index contributed by atoms with van der Waals surface area (Å²) in [7, 11) is 1.53. The van der Waals surface area contributed by atoms with Crippen molar-refractivity contribution in [2.75, 3.05) is 7.11 Å². The van der Waals surface area contributed by atoms with E-state index in [4.69, 9.17) is 9.47 Å². The van der Waals surface area contributed by atoms with Gasteiger partial charge in [0.15, 0.2) is 5.75 Å². The predicted octanol–water partition coefficient (Wildman–Crippen LogP) is 3.78. The van der Waals surface area contributed by atoms with Crippen LogP contribution in [0.3, 0.4) is 0 Å². The molecule has 0 unspecified atom stereocenters. The van der Waals surface area contributed by atoms with E-state index in [9.17, 15) is 4.39 Å². The first-order valence-corrected chi connectivity index (χ1v) is 5.62. The summed E-state index contributed by atoms with van der Waals surface area (Å²) in [6.45, 7) is 0. The molecular formula is C12H9BrFNO2. The van der Waals surface area contributed by atoms with Crippen molar-refractivity contribution in [3.63, 3.8) is 0 Å². The van der Waals surface area contributed by atoms with Gasteiger partial charge in [-0.1, -0.05) is 0 Å². The van der Waals surface area contributed by atoms with E-state index < -0.39 is 0 Å². The first kappa shape index (κ1) is 11.9. The Morgan fingerprint density at radius 1 is 1.24 bits per heavy atom. The Morgan fingerprint density at radius 3 is 2.76 bits per heavy atom. The summed E-state index contributed by atoms with van der Waals surface area (Å²) in [6.07, 6.45) is 1.59. The summed E-state index contributed by atoms with van der Waals surface area (Å²) < 4.78 is 24.1. The maximum absolute atomic E-state index is 12.9. The lowest BCUT2D eigenvalue weighted by Crippen LogP contribution is -1.93. The van der Waals surface area contributed by atoms with Gasteiger partial charge >= 0.3 is 0 Å². The fraction of sp³-hybridized carbons (Fsp3) is 0.0833. The molecule has 0 saturated carbocycles. The van der Waals surface area contributed by atoms with Gasteiger partial charge in [-0.2, -0.15) is 0 Å². The van der Waals surface area contributed by atoms with Gasteiger partial charge in [0.2, 0.25) is 0 Å². The van der Waals surface area contributed by atoms with Crippen LogP contribution in [-0.4, -0.2) is 12.1 Å². The Hall–Kier alpha value is -1.62. The van der Waals surface area contributed by atoms with E-state index in [0.717, 1.165) is 0 Å². The van der Waals surface area contributed by atoms with Crippen molar-refractivity contribution in [3.8, 4) is 17.4 Å². The number of methoxy groups -OCH3 is 1. The van der Waals surface area contributed by atoms with Crippen LogP contribution in [0.25, 0.3) is 0 Å².